The van der Waals surface area contributed by atoms with E-state index in [0.29, 0.717) is 12.2 Å². The van der Waals surface area contributed by atoms with Crippen LogP contribution in [-0.2, 0) is 6.18 Å². The van der Waals surface area contributed by atoms with Gasteiger partial charge in [-0.1, -0.05) is 32.8 Å². The zero-order chi connectivity index (χ0) is 15.5. The molecule has 0 aromatic carbocycles. The summed E-state index contributed by atoms with van der Waals surface area (Å²) in [6.07, 6.45) is 4.20. The van der Waals surface area contributed by atoms with Crippen LogP contribution in [0.3, 0.4) is 0 Å². The zero-order valence-corrected chi connectivity index (χ0v) is 12.3. The van der Waals surface area contributed by atoms with Crippen molar-refractivity contribution in [1.29, 1.82) is 0 Å². The Kier molecular flexibility index (Phi) is 4.85. The van der Waals surface area contributed by atoms with E-state index in [-0.39, 0.29) is 6.17 Å². The highest BCUT2D eigenvalue weighted by atomic mass is 19.4. The Hall–Kier alpha value is -1.59. The smallest absolute Gasteiger partial charge is 0.308 e. The molecule has 0 fully saturated rings. The Balaban J connectivity index is 2.31. The fourth-order valence-corrected chi connectivity index (χ4v) is 2.47. The van der Waals surface area contributed by atoms with E-state index in [0.717, 1.165) is 37.6 Å². The minimum absolute atomic E-state index is 0.304. The number of hydrogen-bond donors (Lipinski definition) is 0. The maximum Gasteiger partial charge on any atom is 0.434 e. The molecule has 0 aliphatic carbocycles. The van der Waals surface area contributed by atoms with Crippen LogP contribution >= 0.6 is 0 Å². The monoisotopic (exact) mass is 299 g/mol. The molecule has 21 heavy (non-hydrogen) atoms. The van der Waals surface area contributed by atoms with Crippen LogP contribution in [0.25, 0.3) is 6.08 Å². The fraction of sp³-hybridized carbons (Fsp3) is 0.600. The number of hydrogen-bond acceptors (Lipinski definition) is 2. The number of fused-ring (bicyclic) bond motifs is 1. The van der Waals surface area contributed by atoms with Crippen molar-refractivity contribution in [3.63, 3.8) is 0 Å². The Morgan fingerprint density at radius 1 is 1.33 bits per heavy atom. The number of halogens is 3. The van der Waals surface area contributed by atoms with E-state index in [4.69, 9.17) is 0 Å². The minimum Gasteiger partial charge on any atom is -0.308 e. The van der Waals surface area contributed by atoms with E-state index in [1.807, 2.05) is 6.08 Å². The molecule has 0 saturated heterocycles. The van der Waals surface area contributed by atoms with Gasteiger partial charge in [-0.15, -0.1) is 0 Å². The van der Waals surface area contributed by atoms with Crippen LogP contribution in [0.1, 0.15) is 63.6 Å². The molecule has 0 spiro atoms. The molecule has 6 heteroatoms. The van der Waals surface area contributed by atoms with Gasteiger partial charge in [-0.3, -0.25) is 4.99 Å². The summed E-state index contributed by atoms with van der Waals surface area (Å²) in [5, 5.41) is 0. The first-order chi connectivity index (χ1) is 9.95. The second kappa shape index (κ2) is 6.45. The van der Waals surface area contributed by atoms with Gasteiger partial charge in [0, 0.05) is 18.3 Å². The van der Waals surface area contributed by atoms with Crippen LogP contribution in [0.2, 0.25) is 0 Å². The highest BCUT2D eigenvalue weighted by Crippen LogP contribution is 2.32. The normalized spacial score (nSPS) is 17.7. The summed E-state index contributed by atoms with van der Waals surface area (Å²) in [6, 6.07) is 0. The first-order valence-electron chi connectivity index (χ1n) is 7.33. The predicted octanol–water partition coefficient (Wildman–Crippen LogP) is 4.86. The maximum absolute atomic E-state index is 12.8. The van der Waals surface area contributed by atoms with Gasteiger partial charge in [0.1, 0.15) is 12.0 Å². The van der Waals surface area contributed by atoms with Crippen molar-refractivity contribution >= 4 is 11.8 Å². The average molecular weight is 299 g/mol. The first-order valence-corrected chi connectivity index (χ1v) is 7.33. The van der Waals surface area contributed by atoms with Gasteiger partial charge >= 0.3 is 6.18 Å². The van der Waals surface area contributed by atoms with Gasteiger partial charge in [0.2, 0.25) is 0 Å². The molecule has 0 bridgehead atoms. The van der Waals surface area contributed by atoms with Gasteiger partial charge in [-0.25, -0.2) is 4.98 Å². The van der Waals surface area contributed by atoms with Gasteiger partial charge in [0.25, 0.3) is 0 Å². The van der Waals surface area contributed by atoms with Crippen LogP contribution in [0, 0.1) is 0 Å². The molecule has 1 aromatic heterocycles. The molecule has 1 aliphatic rings. The first kappa shape index (κ1) is 15.8. The SMILES string of the molecule is CCCC(CCC)=NC1CC=Cc2nc(C(F)(F)F)cn21. The Morgan fingerprint density at radius 3 is 2.57 bits per heavy atom. The van der Waals surface area contributed by atoms with Crippen molar-refractivity contribution in [2.24, 2.45) is 4.99 Å². The molecule has 0 N–H and O–H groups in total. The third kappa shape index (κ3) is 3.74. The summed E-state index contributed by atoms with van der Waals surface area (Å²) in [4.78, 5) is 8.33. The number of alkyl halides is 3. The molecule has 2 heterocycles. The van der Waals surface area contributed by atoms with E-state index in [2.05, 4.69) is 23.8 Å². The molecule has 1 aromatic rings. The number of nitrogens with zero attached hydrogens (tertiary/aromatic N) is 3. The zero-order valence-electron chi connectivity index (χ0n) is 12.3. The minimum atomic E-state index is -4.41. The average Bonchev–Trinajstić information content (AvgIpc) is 2.84. The summed E-state index contributed by atoms with van der Waals surface area (Å²) < 4.78 is 39.8. The lowest BCUT2D eigenvalue weighted by molar-refractivity contribution is -0.141. The second-order valence-electron chi connectivity index (χ2n) is 5.20. The largest absolute Gasteiger partial charge is 0.434 e. The predicted molar refractivity (Wildman–Crippen MR) is 77.2 cm³/mol. The lowest BCUT2D eigenvalue weighted by Gasteiger charge is -2.19. The van der Waals surface area contributed by atoms with E-state index < -0.39 is 11.9 Å². The quantitative estimate of drug-likeness (QED) is 0.714. The Labute approximate surface area is 122 Å². The molecular formula is C15H20F3N3. The Morgan fingerprint density at radius 2 is 2.00 bits per heavy atom. The Bertz CT molecular complexity index is 533. The molecule has 2 rings (SSSR count). The van der Waals surface area contributed by atoms with Crippen LogP contribution in [0.15, 0.2) is 17.3 Å². The van der Waals surface area contributed by atoms with Crippen LogP contribution < -0.4 is 0 Å². The second-order valence-corrected chi connectivity index (χ2v) is 5.20. The molecule has 3 nitrogen and oxygen atoms in total. The molecule has 116 valence electrons. The molecule has 1 unspecified atom stereocenters. The summed E-state index contributed by atoms with van der Waals surface area (Å²) >= 11 is 0. The lowest BCUT2D eigenvalue weighted by atomic mass is 10.1. The van der Waals surface area contributed by atoms with E-state index in [1.165, 1.54) is 4.57 Å². The van der Waals surface area contributed by atoms with E-state index in [9.17, 15) is 13.2 Å². The number of aliphatic imine (C=N–C) groups is 1. The van der Waals surface area contributed by atoms with Gasteiger partial charge in [-0.2, -0.15) is 13.2 Å². The molecule has 0 amide bonds. The molecular weight excluding hydrogens is 279 g/mol. The summed E-state index contributed by atoms with van der Waals surface area (Å²) in [7, 11) is 0. The molecule has 0 saturated carbocycles. The van der Waals surface area contributed by atoms with E-state index >= 15 is 0 Å². The summed E-state index contributed by atoms with van der Waals surface area (Å²) in [6.45, 7) is 4.16. The third-order valence-corrected chi connectivity index (χ3v) is 3.40. The lowest BCUT2D eigenvalue weighted by Crippen LogP contribution is -2.13. The molecule has 0 radical (unpaired) electrons. The van der Waals surface area contributed by atoms with Crippen molar-refractivity contribution in [1.82, 2.24) is 9.55 Å². The number of aromatic nitrogens is 2. The van der Waals surface area contributed by atoms with Crippen molar-refractivity contribution in [3.05, 3.63) is 23.8 Å². The highest BCUT2D eigenvalue weighted by molar-refractivity contribution is 5.84. The van der Waals surface area contributed by atoms with Crippen molar-refractivity contribution in [3.8, 4) is 0 Å². The standard InChI is InChI=1S/C15H20F3N3/c1-3-6-11(7-4-2)19-13-8-5-9-14-20-12(10-21(13)14)15(16,17)18/h5,9-10,13H,3-4,6-8H2,1-2H3. The van der Waals surface area contributed by atoms with E-state index in [1.54, 1.807) is 6.08 Å². The van der Waals surface area contributed by atoms with Gasteiger partial charge in [0.05, 0.1) is 0 Å². The third-order valence-electron chi connectivity index (χ3n) is 3.40. The topological polar surface area (TPSA) is 30.2 Å². The van der Waals surface area contributed by atoms with Gasteiger partial charge in [0.15, 0.2) is 5.69 Å². The van der Waals surface area contributed by atoms with Crippen molar-refractivity contribution in [2.45, 2.75) is 58.3 Å². The number of imidazole rings is 1. The van der Waals surface area contributed by atoms with Crippen LogP contribution in [0.5, 0.6) is 0 Å². The van der Waals surface area contributed by atoms with Gasteiger partial charge < -0.3 is 4.57 Å². The summed E-state index contributed by atoms with van der Waals surface area (Å²) in [5.74, 6) is 0.328. The molecule has 1 atom stereocenters. The van der Waals surface area contributed by atoms with Crippen molar-refractivity contribution in [2.75, 3.05) is 0 Å². The van der Waals surface area contributed by atoms with Gasteiger partial charge in [-0.05, 0) is 18.9 Å². The maximum atomic E-state index is 12.8. The number of rotatable bonds is 5. The summed E-state index contributed by atoms with van der Waals surface area (Å²) in [5.41, 5.74) is 0.227. The van der Waals surface area contributed by atoms with Crippen LogP contribution in [0.4, 0.5) is 13.2 Å². The highest BCUT2D eigenvalue weighted by Gasteiger charge is 2.35. The van der Waals surface area contributed by atoms with Crippen molar-refractivity contribution < 1.29 is 13.2 Å². The van der Waals surface area contributed by atoms with Crippen LogP contribution in [-0.4, -0.2) is 15.3 Å². The molecule has 1 aliphatic heterocycles. The fourth-order valence-electron chi connectivity index (χ4n) is 2.47.